The standard InChI is InChI=1S/C15H18ClFN2O2/c1-9-4-2-3-5-12(9)18-14(20)15(21)19-13-7-6-10(16)8-11(13)17/h6-9,12H,2-5H2,1H3,(H,18,20)(H,19,21)/t9-,12-/m0/s1. The van der Waals surface area contributed by atoms with Crippen LogP contribution in [0.4, 0.5) is 10.1 Å². The van der Waals surface area contributed by atoms with Gasteiger partial charge >= 0.3 is 11.8 Å². The van der Waals surface area contributed by atoms with Gasteiger partial charge in [0.05, 0.1) is 5.69 Å². The van der Waals surface area contributed by atoms with Crippen LogP contribution in [0.15, 0.2) is 18.2 Å². The van der Waals surface area contributed by atoms with Gasteiger partial charge in [-0.05, 0) is 37.0 Å². The van der Waals surface area contributed by atoms with Crippen LogP contribution in [0.5, 0.6) is 0 Å². The summed E-state index contributed by atoms with van der Waals surface area (Å²) in [7, 11) is 0. The second kappa shape index (κ2) is 6.89. The van der Waals surface area contributed by atoms with Crippen LogP contribution in [0, 0.1) is 11.7 Å². The van der Waals surface area contributed by atoms with Crippen LogP contribution in [-0.4, -0.2) is 17.9 Å². The summed E-state index contributed by atoms with van der Waals surface area (Å²) in [6.07, 6.45) is 4.10. The highest BCUT2D eigenvalue weighted by atomic mass is 35.5. The maximum Gasteiger partial charge on any atom is 0.313 e. The molecule has 0 aliphatic heterocycles. The van der Waals surface area contributed by atoms with Crippen LogP contribution in [0.2, 0.25) is 5.02 Å². The lowest BCUT2D eigenvalue weighted by atomic mass is 9.86. The van der Waals surface area contributed by atoms with E-state index in [4.69, 9.17) is 11.6 Å². The zero-order valence-corrected chi connectivity index (χ0v) is 12.5. The van der Waals surface area contributed by atoms with Gasteiger partial charge in [0.25, 0.3) is 0 Å². The number of carbonyl (C=O) groups excluding carboxylic acids is 2. The van der Waals surface area contributed by atoms with Crippen molar-refractivity contribution in [3.63, 3.8) is 0 Å². The summed E-state index contributed by atoms with van der Waals surface area (Å²) in [4.78, 5) is 23.7. The van der Waals surface area contributed by atoms with E-state index in [-0.39, 0.29) is 16.8 Å². The molecule has 1 aromatic rings. The number of rotatable bonds is 2. The van der Waals surface area contributed by atoms with E-state index in [0.29, 0.717) is 5.92 Å². The van der Waals surface area contributed by atoms with Crippen LogP contribution in [-0.2, 0) is 9.59 Å². The van der Waals surface area contributed by atoms with Crippen molar-refractivity contribution in [1.29, 1.82) is 0 Å². The number of anilines is 1. The number of benzene rings is 1. The van der Waals surface area contributed by atoms with Crippen molar-refractivity contribution in [1.82, 2.24) is 5.32 Å². The molecule has 2 N–H and O–H groups in total. The van der Waals surface area contributed by atoms with Gasteiger partial charge in [-0.2, -0.15) is 0 Å². The first kappa shape index (κ1) is 15.8. The number of hydrogen-bond acceptors (Lipinski definition) is 2. The van der Waals surface area contributed by atoms with Crippen molar-refractivity contribution in [3.05, 3.63) is 29.0 Å². The van der Waals surface area contributed by atoms with Gasteiger partial charge in [-0.15, -0.1) is 0 Å². The Balaban J connectivity index is 1.94. The SMILES string of the molecule is C[C@H]1CCCC[C@@H]1NC(=O)C(=O)Nc1ccc(Cl)cc1F. The monoisotopic (exact) mass is 312 g/mol. The molecule has 0 aromatic heterocycles. The van der Waals surface area contributed by atoms with Crippen molar-refractivity contribution >= 4 is 29.1 Å². The lowest BCUT2D eigenvalue weighted by molar-refractivity contribution is -0.137. The maximum atomic E-state index is 13.6. The van der Waals surface area contributed by atoms with Crippen LogP contribution < -0.4 is 10.6 Å². The molecule has 114 valence electrons. The molecule has 1 fully saturated rings. The van der Waals surface area contributed by atoms with Crippen molar-refractivity contribution in [3.8, 4) is 0 Å². The molecular weight excluding hydrogens is 295 g/mol. The zero-order chi connectivity index (χ0) is 15.4. The summed E-state index contributed by atoms with van der Waals surface area (Å²) in [5, 5.41) is 5.20. The Bertz CT molecular complexity index is 550. The number of halogens is 2. The topological polar surface area (TPSA) is 58.2 Å². The lowest BCUT2D eigenvalue weighted by Crippen LogP contribution is -2.45. The molecule has 1 aliphatic rings. The minimum absolute atomic E-state index is 0.00654. The van der Waals surface area contributed by atoms with E-state index in [1.165, 1.54) is 12.1 Å². The fraction of sp³-hybridized carbons (Fsp3) is 0.467. The quantitative estimate of drug-likeness (QED) is 0.824. The Morgan fingerprint density at radius 1 is 1.24 bits per heavy atom. The molecule has 2 amide bonds. The largest absolute Gasteiger partial charge is 0.345 e. The first-order valence-electron chi connectivity index (χ1n) is 7.04. The summed E-state index contributed by atoms with van der Waals surface area (Å²) >= 11 is 5.63. The molecule has 0 radical (unpaired) electrons. The molecular formula is C15H18ClFN2O2. The Hall–Kier alpha value is -1.62. The first-order chi connectivity index (χ1) is 9.97. The van der Waals surface area contributed by atoms with E-state index in [1.54, 1.807) is 0 Å². The molecule has 1 aromatic carbocycles. The third-order valence-electron chi connectivity index (χ3n) is 3.81. The molecule has 1 aliphatic carbocycles. The van der Waals surface area contributed by atoms with E-state index in [1.807, 2.05) is 0 Å². The molecule has 0 unspecified atom stereocenters. The van der Waals surface area contributed by atoms with Crippen molar-refractivity contribution in [2.45, 2.75) is 38.6 Å². The molecule has 1 saturated carbocycles. The molecule has 0 saturated heterocycles. The minimum Gasteiger partial charge on any atom is -0.345 e. The Morgan fingerprint density at radius 2 is 1.95 bits per heavy atom. The highest BCUT2D eigenvalue weighted by Gasteiger charge is 2.25. The van der Waals surface area contributed by atoms with Gasteiger partial charge in [0.15, 0.2) is 0 Å². The average molecular weight is 313 g/mol. The fourth-order valence-corrected chi connectivity index (χ4v) is 2.69. The average Bonchev–Trinajstić information content (AvgIpc) is 2.44. The normalized spacial score (nSPS) is 21.7. The summed E-state index contributed by atoms with van der Waals surface area (Å²) in [5.74, 6) is -1.92. The molecule has 2 atom stereocenters. The summed E-state index contributed by atoms with van der Waals surface area (Å²) < 4.78 is 13.6. The number of amides is 2. The Labute approximate surface area is 128 Å². The van der Waals surface area contributed by atoms with E-state index in [0.717, 1.165) is 31.7 Å². The summed E-state index contributed by atoms with van der Waals surface area (Å²) in [6, 6.07) is 3.86. The van der Waals surface area contributed by atoms with Gasteiger partial charge in [0.1, 0.15) is 5.82 Å². The van der Waals surface area contributed by atoms with Gasteiger partial charge in [0.2, 0.25) is 0 Å². The third-order valence-corrected chi connectivity index (χ3v) is 4.05. The third kappa shape index (κ3) is 4.17. The van der Waals surface area contributed by atoms with Crippen LogP contribution in [0.25, 0.3) is 0 Å². The van der Waals surface area contributed by atoms with Gasteiger partial charge in [-0.25, -0.2) is 4.39 Å². The van der Waals surface area contributed by atoms with E-state index in [9.17, 15) is 14.0 Å². The van der Waals surface area contributed by atoms with Gasteiger partial charge in [0, 0.05) is 11.1 Å². The fourth-order valence-electron chi connectivity index (χ4n) is 2.53. The zero-order valence-electron chi connectivity index (χ0n) is 11.8. The lowest BCUT2D eigenvalue weighted by Gasteiger charge is -2.29. The Kier molecular flexibility index (Phi) is 5.17. The van der Waals surface area contributed by atoms with Crippen molar-refractivity contribution in [2.24, 2.45) is 5.92 Å². The molecule has 0 bridgehead atoms. The van der Waals surface area contributed by atoms with Gasteiger partial charge in [-0.1, -0.05) is 31.4 Å². The van der Waals surface area contributed by atoms with Gasteiger partial charge < -0.3 is 10.6 Å². The van der Waals surface area contributed by atoms with Crippen LogP contribution >= 0.6 is 11.6 Å². The molecule has 0 spiro atoms. The second-order valence-corrected chi connectivity index (χ2v) is 5.86. The first-order valence-corrected chi connectivity index (χ1v) is 7.42. The van der Waals surface area contributed by atoms with Crippen LogP contribution in [0.3, 0.4) is 0 Å². The summed E-state index contributed by atoms with van der Waals surface area (Å²) in [5.41, 5.74) is -0.0590. The van der Waals surface area contributed by atoms with E-state index in [2.05, 4.69) is 17.6 Å². The molecule has 6 heteroatoms. The highest BCUT2D eigenvalue weighted by Crippen LogP contribution is 2.23. The Morgan fingerprint density at radius 3 is 2.62 bits per heavy atom. The van der Waals surface area contributed by atoms with Gasteiger partial charge in [-0.3, -0.25) is 9.59 Å². The van der Waals surface area contributed by atoms with E-state index < -0.39 is 17.6 Å². The number of carbonyl (C=O) groups is 2. The van der Waals surface area contributed by atoms with Crippen molar-refractivity contribution < 1.29 is 14.0 Å². The number of nitrogens with one attached hydrogen (secondary N) is 2. The summed E-state index contributed by atoms with van der Waals surface area (Å²) in [6.45, 7) is 2.06. The smallest absolute Gasteiger partial charge is 0.313 e. The number of hydrogen-bond donors (Lipinski definition) is 2. The minimum atomic E-state index is -0.867. The molecule has 21 heavy (non-hydrogen) atoms. The molecule has 4 nitrogen and oxygen atoms in total. The van der Waals surface area contributed by atoms with Crippen LogP contribution in [0.1, 0.15) is 32.6 Å². The molecule has 2 rings (SSSR count). The predicted octanol–water partition coefficient (Wildman–Crippen LogP) is 3.11. The molecule has 0 heterocycles. The second-order valence-electron chi connectivity index (χ2n) is 5.42. The van der Waals surface area contributed by atoms with Crippen molar-refractivity contribution in [2.75, 3.05) is 5.32 Å². The highest BCUT2D eigenvalue weighted by molar-refractivity contribution is 6.39. The van der Waals surface area contributed by atoms with E-state index >= 15 is 0 Å². The predicted molar refractivity (Wildman–Crippen MR) is 79.6 cm³/mol. The maximum absolute atomic E-state index is 13.6.